The Morgan fingerprint density at radius 1 is 0.615 bits per heavy atom. The zero-order chi connectivity index (χ0) is 17.7. The lowest BCUT2D eigenvalue weighted by Gasteiger charge is -2.09. The first-order valence-electron chi connectivity index (χ1n) is 8.56. The molecule has 2 rings (SSSR count). The fourth-order valence-corrected chi connectivity index (χ4v) is 2.24. The van der Waals surface area contributed by atoms with E-state index in [1.54, 1.807) is 14.2 Å². The second-order valence-electron chi connectivity index (χ2n) is 5.51. The van der Waals surface area contributed by atoms with Gasteiger partial charge in [0.15, 0.2) is 0 Å². The number of hydrogen-bond donors (Lipinski definition) is 1. The summed E-state index contributed by atoms with van der Waals surface area (Å²) in [6, 6.07) is 15.3. The standard InChI is InChI=1S/C20H27NO4.ClH/c1-22-17-5-9-19(10-6-17)24-15-3-13-21-14-4-16-25-20-11-7-18(23-2)8-12-20;/h5-12,21H,3-4,13-16H2,1-2H3;1H. The molecule has 0 aliphatic rings. The Hall–Kier alpha value is -2.11. The molecule has 26 heavy (non-hydrogen) atoms. The summed E-state index contributed by atoms with van der Waals surface area (Å²) in [5.74, 6) is 3.42. The van der Waals surface area contributed by atoms with Crippen LogP contribution in [0.25, 0.3) is 0 Å². The van der Waals surface area contributed by atoms with Gasteiger partial charge >= 0.3 is 0 Å². The van der Waals surface area contributed by atoms with Gasteiger partial charge in [-0.3, -0.25) is 0 Å². The van der Waals surface area contributed by atoms with Crippen molar-refractivity contribution in [2.45, 2.75) is 12.8 Å². The Bertz CT molecular complexity index is 536. The molecule has 0 radical (unpaired) electrons. The summed E-state index contributed by atoms with van der Waals surface area (Å²) < 4.78 is 21.6. The van der Waals surface area contributed by atoms with E-state index in [2.05, 4.69) is 5.32 Å². The van der Waals surface area contributed by atoms with E-state index in [0.717, 1.165) is 48.9 Å². The van der Waals surface area contributed by atoms with Crippen molar-refractivity contribution in [3.8, 4) is 23.0 Å². The molecule has 0 aliphatic heterocycles. The zero-order valence-electron chi connectivity index (χ0n) is 15.4. The second kappa shape index (κ2) is 13.1. The van der Waals surface area contributed by atoms with Gasteiger partial charge in [0.25, 0.3) is 0 Å². The quantitative estimate of drug-likeness (QED) is 0.564. The van der Waals surface area contributed by atoms with Crippen LogP contribution in [-0.4, -0.2) is 40.5 Å². The zero-order valence-corrected chi connectivity index (χ0v) is 16.2. The molecule has 6 heteroatoms. The Kier molecular flexibility index (Phi) is 11.1. The molecule has 0 bridgehead atoms. The summed E-state index contributed by atoms with van der Waals surface area (Å²) in [7, 11) is 3.31. The van der Waals surface area contributed by atoms with Crippen LogP contribution >= 0.6 is 12.4 Å². The summed E-state index contributed by atoms with van der Waals surface area (Å²) in [5, 5.41) is 3.39. The Morgan fingerprint density at radius 3 is 1.31 bits per heavy atom. The molecule has 2 aromatic carbocycles. The molecule has 0 amide bonds. The maximum atomic E-state index is 5.68. The number of ether oxygens (including phenoxy) is 4. The van der Waals surface area contributed by atoms with Crippen LogP contribution in [0.2, 0.25) is 0 Å². The van der Waals surface area contributed by atoms with Gasteiger partial charge in [-0.05, 0) is 74.5 Å². The Morgan fingerprint density at radius 2 is 0.962 bits per heavy atom. The first-order chi connectivity index (χ1) is 12.3. The molecule has 1 N–H and O–H groups in total. The van der Waals surface area contributed by atoms with Crippen molar-refractivity contribution in [1.82, 2.24) is 5.32 Å². The highest BCUT2D eigenvalue weighted by molar-refractivity contribution is 5.85. The molecular weight excluding hydrogens is 354 g/mol. The minimum atomic E-state index is 0. The highest BCUT2D eigenvalue weighted by Gasteiger charge is 1.97. The average molecular weight is 382 g/mol. The van der Waals surface area contributed by atoms with E-state index < -0.39 is 0 Å². The monoisotopic (exact) mass is 381 g/mol. The van der Waals surface area contributed by atoms with Crippen LogP contribution in [0.5, 0.6) is 23.0 Å². The van der Waals surface area contributed by atoms with Crippen LogP contribution in [0.1, 0.15) is 12.8 Å². The summed E-state index contributed by atoms with van der Waals surface area (Å²) in [4.78, 5) is 0. The van der Waals surface area contributed by atoms with Crippen LogP contribution in [0.15, 0.2) is 48.5 Å². The predicted molar refractivity (Wildman–Crippen MR) is 106 cm³/mol. The van der Waals surface area contributed by atoms with Crippen molar-refractivity contribution in [2.75, 3.05) is 40.5 Å². The third-order valence-corrected chi connectivity index (χ3v) is 3.65. The molecule has 0 heterocycles. The minimum Gasteiger partial charge on any atom is -0.497 e. The van der Waals surface area contributed by atoms with Crippen molar-refractivity contribution in [1.29, 1.82) is 0 Å². The van der Waals surface area contributed by atoms with E-state index in [-0.39, 0.29) is 12.4 Å². The number of hydrogen-bond acceptors (Lipinski definition) is 5. The molecule has 5 nitrogen and oxygen atoms in total. The first-order valence-corrected chi connectivity index (χ1v) is 8.56. The van der Waals surface area contributed by atoms with Crippen LogP contribution in [0.4, 0.5) is 0 Å². The van der Waals surface area contributed by atoms with Crippen molar-refractivity contribution in [3.05, 3.63) is 48.5 Å². The van der Waals surface area contributed by atoms with Crippen molar-refractivity contribution in [2.24, 2.45) is 0 Å². The highest BCUT2D eigenvalue weighted by atomic mass is 35.5. The molecule has 0 unspecified atom stereocenters. The highest BCUT2D eigenvalue weighted by Crippen LogP contribution is 2.17. The fourth-order valence-electron chi connectivity index (χ4n) is 2.24. The normalized spacial score (nSPS) is 9.92. The van der Waals surface area contributed by atoms with E-state index >= 15 is 0 Å². The minimum absolute atomic E-state index is 0. The average Bonchev–Trinajstić information content (AvgIpc) is 2.67. The van der Waals surface area contributed by atoms with Gasteiger partial charge in [0, 0.05) is 0 Å². The molecule has 0 atom stereocenters. The third-order valence-electron chi connectivity index (χ3n) is 3.65. The van der Waals surface area contributed by atoms with E-state index in [1.165, 1.54) is 0 Å². The molecule has 0 saturated carbocycles. The van der Waals surface area contributed by atoms with Gasteiger partial charge in [0.05, 0.1) is 27.4 Å². The SMILES string of the molecule is COc1ccc(OCCCNCCCOc2ccc(OC)cc2)cc1.Cl. The van der Waals surface area contributed by atoms with Crippen LogP contribution in [-0.2, 0) is 0 Å². The van der Waals surface area contributed by atoms with Crippen LogP contribution < -0.4 is 24.3 Å². The molecule has 0 spiro atoms. The summed E-state index contributed by atoms with van der Waals surface area (Å²) >= 11 is 0. The number of halogens is 1. The Labute approximate surface area is 162 Å². The lowest BCUT2D eigenvalue weighted by atomic mass is 10.3. The second-order valence-corrected chi connectivity index (χ2v) is 5.51. The van der Waals surface area contributed by atoms with E-state index in [1.807, 2.05) is 48.5 Å². The van der Waals surface area contributed by atoms with Gasteiger partial charge in [-0.15, -0.1) is 12.4 Å². The molecule has 144 valence electrons. The lowest BCUT2D eigenvalue weighted by molar-refractivity contribution is 0.297. The largest absolute Gasteiger partial charge is 0.497 e. The predicted octanol–water partition coefficient (Wildman–Crippen LogP) is 3.95. The summed E-state index contributed by atoms with van der Waals surface area (Å²) in [5.41, 5.74) is 0. The van der Waals surface area contributed by atoms with Gasteiger partial charge in [-0.1, -0.05) is 0 Å². The van der Waals surface area contributed by atoms with Gasteiger partial charge in [0.1, 0.15) is 23.0 Å². The lowest BCUT2D eigenvalue weighted by Crippen LogP contribution is -2.20. The van der Waals surface area contributed by atoms with Crippen LogP contribution in [0, 0.1) is 0 Å². The summed E-state index contributed by atoms with van der Waals surface area (Å²) in [6.07, 6.45) is 1.93. The maximum Gasteiger partial charge on any atom is 0.119 e. The molecule has 0 aliphatic carbocycles. The molecule has 0 saturated heterocycles. The van der Waals surface area contributed by atoms with Crippen molar-refractivity contribution in [3.63, 3.8) is 0 Å². The number of rotatable bonds is 12. The third kappa shape index (κ3) is 8.32. The Balaban J connectivity index is 0.00000338. The number of nitrogens with one attached hydrogen (secondary N) is 1. The molecule has 0 aromatic heterocycles. The van der Waals surface area contributed by atoms with Crippen molar-refractivity contribution < 1.29 is 18.9 Å². The van der Waals surface area contributed by atoms with Crippen molar-refractivity contribution >= 4 is 12.4 Å². The van der Waals surface area contributed by atoms with Crippen LogP contribution in [0.3, 0.4) is 0 Å². The molecule has 2 aromatic rings. The smallest absolute Gasteiger partial charge is 0.119 e. The van der Waals surface area contributed by atoms with Gasteiger partial charge in [0.2, 0.25) is 0 Å². The van der Waals surface area contributed by atoms with E-state index in [4.69, 9.17) is 18.9 Å². The molecular formula is C20H28ClNO4. The number of benzene rings is 2. The number of methoxy groups -OCH3 is 2. The maximum absolute atomic E-state index is 5.68. The van der Waals surface area contributed by atoms with Gasteiger partial charge in [-0.25, -0.2) is 0 Å². The van der Waals surface area contributed by atoms with Gasteiger partial charge in [-0.2, -0.15) is 0 Å². The fraction of sp³-hybridized carbons (Fsp3) is 0.400. The summed E-state index contributed by atoms with van der Waals surface area (Å²) in [6.45, 7) is 3.25. The first kappa shape index (κ1) is 21.9. The van der Waals surface area contributed by atoms with E-state index in [0.29, 0.717) is 13.2 Å². The van der Waals surface area contributed by atoms with E-state index in [9.17, 15) is 0 Å². The van der Waals surface area contributed by atoms with Gasteiger partial charge < -0.3 is 24.3 Å². The topological polar surface area (TPSA) is 49.0 Å². The molecule has 0 fully saturated rings.